The molecule has 0 unspecified atom stereocenters. The molecule has 0 saturated carbocycles. The Labute approximate surface area is 96.1 Å². The van der Waals surface area contributed by atoms with Crippen molar-refractivity contribution in [2.75, 3.05) is 0 Å². The van der Waals surface area contributed by atoms with E-state index >= 15 is 0 Å². The van der Waals surface area contributed by atoms with Crippen molar-refractivity contribution in [3.8, 4) is 0 Å². The van der Waals surface area contributed by atoms with Gasteiger partial charge in [0.15, 0.2) is 0 Å². The highest BCUT2D eigenvalue weighted by atomic mass is 127. The molecule has 0 aliphatic heterocycles. The largest absolute Gasteiger partial charge is 0.286 e. The fourth-order valence-corrected chi connectivity index (χ4v) is 1.82. The fourth-order valence-electron chi connectivity index (χ4n) is 1.13. The molecule has 0 amide bonds. The van der Waals surface area contributed by atoms with Crippen LogP contribution in [-0.4, -0.2) is 4.92 Å². The lowest BCUT2D eigenvalue weighted by atomic mass is 10.00. The number of halogens is 1. The molecule has 3 nitrogen and oxygen atoms in total. The lowest BCUT2D eigenvalue weighted by Crippen LogP contribution is -2.00. The predicted octanol–water partition coefficient (Wildman–Crippen LogP) is 3.33. The molecule has 0 fully saturated rings. The van der Waals surface area contributed by atoms with Crippen LogP contribution in [-0.2, 0) is 0 Å². The van der Waals surface area contributed by atoms with Crippen molar-refractivity contribution < 1.29 is 4.92 Å². The van der Waals surface area contributed by atoms with Crippen molar-refractivity contribution in [3.05, 3.63) is 56.0 Å². The number of rotatable bonds is 3. The zero-order valence-electron chi connectivity index (χ0n) is 7.66. The Bertz CT molecular complexity index is 376. The summed E-state index contributed by atoms with van der Waals surface area (Å²) in [6.45, 7) is 5.42. The number of nitro benzene ring substituents is 1. The van der Waals surface area contributed by atoms with Crippen LogP contribution in [0.15, 0.2) is 30.9 Å². The van der Waals surface area contributed by atoms with Crippen molar-refractivity contribution in [2.24, 2.45) is 0 Å². The zero-order chi connectivity index (χ0) is 10.7. The Morgan fingerprint density at radius 3 is 2.79 bits per heavy atom. The number of benzene rings is 1. The van der Waals surface area contributed by atoms with Gasteiger partial charge in [0.05, 0.1) is 8.49 Å². The van der Waals surface area contributed by atoms with Crippen molar-refractivity contribution in [1.29, 1.82) is 0 Å². The summed E-state index contributed by atoms with van der Waals surface area (Å²) >= 11 is 1.96. The van der Waals surface area contributed by atoms with Crippen molar-refractivity contribution in [1.82, 2.24) is 0 Å². The van der Waals surface area contributed by atoms with Crippen LogP contribution < -0.4 is 0 Å². The topological polar surface area (TPSA) is 43.1 Å². The van der Waals surface area contributed by atoms with Gasteiger partial charge in [0, 0.05) is 11.5 Å². The SMILES string of the molecule is C=C[C](C)c1cccc(I)c1[N+](=O)[O-]. The molecule has 1 aromatic rings. The molecule has 4 heteroatoms. The van der Waals surface area contributed by atoms with Gasteiger partial charge in [-0.15, -0.1) is 6.58 Å². The van der Waals surface area contributed by atoms with E-state index in [0.29, 0.717) is 9.13 Å². The average molecular weight is 302 g/mol. The van der Waals surface area contributed by atoms with Crippen LogP contribution in [0.25, 0.3) is 0 Å². The summed E-state index contributed by atoms with van der Waals surface area (Å²) in [6.07, 6.45) is 1.62. The van der Waals surface area contributed by atoms with E-state index in [2.05, 4.69) is 6.58 Å². The van der Waals surface area contributed by atoms with E-state index < -0.39 is 0 Å². The van der Waals surface area contributed by atoms with Gasteiger partial charge in [-0.25, -0.2) is 0 Å². The number of para-hydroxylation sites is 1. The molecule has 0 heterocycles. The third-order valence-electron chi connectivity index (χ3n) is 1.90. The Morgan fingerprint density at radius 2 is 2.29 bits per heavy atom. The van der Waals surface area contributed by atoms with Crippen LogP contribution >= 0.6 is 22.6 Å². The second-order valence-corrected chi connectivity index (χ2v) is 3.94. The standard InChI is InChI=1S/C10H9INO2/c1-3-7(2)8-5-4-6-9(11)10(8)12(13)14/h3-6H,1H2,2H3. The number of hydrogen-bond acceptors (Lipinski definition) is 2. The Balaban J connectivity index is 3.35. The van der Waals surface area contributed by atoms with Crippen LogP contribution in [0, 0.1) is 19.6 Å². The van der Waals surface area contributed by atoms with Crippen molar-refractivity contribution >= 4 is 28.3 Å². The lowest BCUT2D eigenvalue weighted by molar-refractivity contribution is -0.386. The Morgan fingerprint density at radius 1 is 1.64 bits per heavy atom. The first-order valence-corrected chi connectivity index (χ1v) is 5.05. The van der Waals surface area contributed by atoms with Gasteiger partial charge in [0.25, 0.3) is 5.69 Å². The van der Waals surface area contributed by atoms with Gasteiger partial charge in [0.2, 0.25) is 0 Å². The van der Waals surface area contributed by atoms with Crippen LogP contribution in [0.2, 0.25) is 0 Å². The molecule has 0 N–H and O–H groups in total. The van der Waals surface area contributed by atoms with Crippen molar-refractivity contribution in [3.63, 3.8) is 0 Å². The number of nitrogens with zero attached hydrogens (tertiary/aromatic N) is 1. The number of hydrogen-bond donors (Lipinski definition) is 0. The van der Waals surface area contributed by atoms with E-state index in [0.717, 1.165) is 5.92 Å². The second-order valence-electron chi connectivity index (χ2n) is 2.78. The average Bonchev–Trinajstić information content (AvgIpc) is 2.15. The minimum Gasteiger partial charge on any atom is -0.258 e. The highest BCUT2D eigenvalue weighted by molar-refractivity contribution is 14.1. The maximum absolute atomic E-state index is 10.8. The molecule has 1 rings (SSSR count). The zero-order valence-corrected chi connectivity index (χ0v) is 9.82. The predicted molar refractivity (Wildman–Crippen MR) is 64.0 cm³/mol. The summed E-state index contributed by atoms with van der Waals surface area (Å²) in [5, 5.41) is 10.8. The molecular weight excluding hydrogens is 293 g/mol. The maximum atomic E-state index is 10.8. The molecule has 0 aliphatic rings. The first-order chi connectivity index (χ1) is 6.57. The summed E-state index contributed by atoms with van der Waals surface area (Å²) in [4.78, 5) is 10.5. The van der Waals surface area contributed by atoms with Crippen LogP contribution in [0.5, 0.6) is 0 Å². The quantitative estimate of drug-likeness (QED) is 0.488. The van der Waals surface area contributed by atoms with E-state index in [4.69, 9.17) is 0 Å². The summed E-state index contributed by atoms with van der Waals surface area (Å²) < 4.78 is 0.645. The van der Waals surface area contributed by atoms with Gasteiger partial charge in [-0.05, 0) is 28.7 Å². The van der Waals surface area contributed by atoms with Gasteiger partial charge < -0.3 is 0 Å². The van der Waals surface area contributed by atoms with E-state index in [9.17, 15) is 10.1 Å². The lowest BCUT2D eigenvalue weighted by Gasteiger charge is -2.07. The number of nitro groups is 1. The molecule has 14 heavy (non-hydrogen) atoms. The molecule has 0 saturated heterocycles. The summed E-state index contributed by atoms with van der Waals surface area (Å²) in [5.74, 6) is 0.815. The molecule has 1 aromatic carbocycles. The first-order valence-electron chi connectivity index (χ1n) is 3.97. The summed E-state index contributed by atoms with van der Waals surface area (Å²) in [7, 11) is 0. The molecule has 1 radical (unpaired) electrons. The van der Waals surface area contributed by atoms with E-state index in [1.807, 2.05) is 29.5 Å². The third kappa shape index (κ3) is 2.12. The van der Waals surface area contributed by atoms with Gasteiger partial charge >= 0.3 is 0 Å². The summed E-state index contributed by atoms with van der Waals surface area (Å²) in [6, 6.07) is 5.26. The third-order valence-corrected chi connectivity index (χ3v) is 2.77. The molecule has 0 bridgehead atoms. The second kappa shape index (κ2) is 4.54. The maximum Gasteiger partial charge on any atom is 0.286 e. The van der Waals surface area contributed by atoms with Crippen LogP contribution in [0.4, 0.5) is 5.69 Å². The molecular formula is C10H9INO2. The first kappa shape index (κ1) is 11.2. The van der Waals surface area contributed by atoms with E-state index in [-0.39, 0.29) is 10.6 Å². The fraction of sp³-hybridized carbons (Fsp3) is 0.100. The van der Waals surface area contributed by atoms with Gasteiger partial charge in [-0.1, -0.05) is 25.1 Å². The smallest absolute Gasteiger partial charge is 0.258 e. The van der Waals surface area contributed by atoms with E-state index in [1.54, 1.807) is 24.3 Å². The molecule has 0 aliphatic carbocycles. The summed E-state index contributed by atoms with van der Waals surface area (Å²) in [5.41, 5.74) is 0.794. The Kier molecular flexibility index (Phi) is 3.62. The normalized spacial score (nSPS) is 10.2. The Hall–Kier alpha value is -0.910. The minimum absolute atomic E-state index is 0.158. The number of allylic oxidation sites excluding steroid dienone is 1. The van der Waals surface area contributed by atoms with E-state index in [1.165, 1.54) is 0 Å². The minimum atomic E-state index is -0.357. The highest BCUT2D eigenvalue weighted by Gasteiger charge is 2.20. The molecule has 73 valence electrons. The van der Waals surface area contributed by atoms with Crippen molar-refractivity contribution in [2.45, 2.75) is 6.92 Å². The van der Waals surface area contributed by atoms with Gasteiger partial charge in [-0.3, -0.25) is 10.1 Å². The highest BCUT2D eigenvalue weighted by Crippen LogP contribution is 2.30. The monoisotopic (exact) mass is 302 g/mol. The molecule has 0 spiro atoms. The van der Waals surface area contributed by atoms with Gasteiger partial charge in [-0.2, -0.15) is 0 Å². The van der Waals surface area contributed by atoms with Crippen LogP contribution in [0.3, 0.4) is 0 Å². The van der Waals surface area contributed by atoms with Gasteiger partial charge in [0.1, 0.15) is 0 Å². The molecule has 0 atom stereocenters. The molecule has 0 aromatic heterocycles. The van der Waals surface area contributed by atoms with Crippen LogP contribution in [0.1, 0.15) is 12.5 Å².